The lowest BCUT2D eigenvalue weighted by Gasteiger charge is -2.15. The minimum atomic E-state index is 0.540. The first-order chi connectivity index (χ1) is 6.70. The van der Waals surface area contributed by atoms with Crippen molar-refractivity contribution in [2.75, 3.05) is 0 Å². The van der Waals surface area contributed by atoms with Crippen molar-refractivity contribution >= 4 is 0 Å². The van der Waals surface area contributed by atoms with Gasteiger partial charge in [-0.3, -0.25) is 4.98 Å². The van der Waals surface area contributed by atoms with Crippen LogP contribution < -0.4 is 5.73 Å². The largest absolute Gasteiger partial charge is 0.326 e. The Bertz CT molecular complexity index is 292. The van der Waals surface area contributed by atoms with Gasteiger partial charge in [-0.2, -0.15) is 0 Å². The maximum Gasteiger partial charge on any atom is 0.0315 e. The molecule has 0 bridgehead atoms. The van der Waals surface area contributed by atoms with Crippen LogP contribution in [0.3, 0.4) is 0 Å². The SMILES string of the molecule is CCCc1cncc(CN)c1C(C)C. The Morgan fingerprint density at radius 1 is 1.29 bits per heavy atom. The number of pyridine rings is 1. The van der Waals surface area contributed by atoms with Crippen LogP contribution in [-0.2, 0) is 13.0 Å². The summed E-state index contributed by atoms with van der Waals surface area (Å²) in [6.07, 6.45) is 6.15. The van der Waals surface area contributed by atoms with Crippen molar-refractivity contribution in [1.82, 2.24) is 4.98 Å². The smallest absolute Gasteiger partial charge is 0.0315 e. The van der Waals surface area contributed by atoms with Gasteiger partial charge in [0.15, 0.2) is 0 Å². The quantitative estimate of drug-likeness (QED) is 0.796. The third kappa shape index (κ3) is 2.32. The molecule has 0 radical (unpaired) electrons. The molecule has 2 heteroatoms. The van der Waals surface area contributed by atoms with Crippen molar-refractivity contribution < 1.29 is 0 Å². The van der Waals surface area contributed by atoms with E-state index in [4.69, 9.17) is 5.73 Å². The molecule has 0 aliphatic rings. The molecular formula is C12H20N2. The van der Waals surface area contributed by atoms with Crippen LogP contribution in [-0.4, -0.2) is 4.98 Å². The fourth-order valence-corrected chi connectivity index (χ4v) is 1.94. The van der Waals surface area contributed by atoms with Gasteiger partial charge in [0.25, 0.3) is 0 Å². The van der Waals surface area contributed by atoms with Crippen LogP contribution in [0.15, 0.2) is 12.4 Å². The van der Waals surface area contributed by atoms with Crippen LogP contribution in [0.5, 0.6) is 0 Å². The van der Waals surface area contributed by atoms with E-state index in [-0.39, 0.29) is 0 Å². The van der Waals surface area contributed by atoms with Gasteiger partial charge in [0.05, 0.1) is 0 Å². The third-order valence-electron chi connectivity index (χ3n) is 2.47. The summed E-state index contributed by atoms with van der Waals surface area (Å²) in [4.78, 5) is 4.24. The molecule has 0 unspecified atom stereocenters. The zero-order chi connectivity index (χ0) is 10.6. The molecule has 0 spiro atoms. The predicted octanol–water partition coefficient (Wildman–Crippen LogP) is 2.62. The first kappa shape index (κ1) is 11.2. The number of aryl methyl sites for hydroxylation is 1. The summed E-state index contributed by atoms with van der Waals surface area (Å²) in [7, 11) is 0. The molecule has 1 aromatic rings. The zero-order valence-electron chi connectivity index (χ0n) is 9.38. The van der Waals surface area contributed by atoms with Crippen molar-refractivity contribution in [2.24, 2.45) is 5.73 Å². The highest BCUT2D eigenvalue weighted by atomic mass is 14.6. The summed E-state index contributed by atoms with van der Waals surface area (Å²) in [5, 5.41) is 0. The van der Waals surface area contributed by atoms with E-state index in [1.54, 1.807) is 0 Å². The van der Waals surface area contributed by atoms with Gasteiger partial charge in [0.2, 0.25) is 0 Å². The second kappa shape index (κ2) is 5.11. The van der Waals surface area contributed by atoms with E-state index in [1.165, 1.54) is 16.7 Å². The predicted molar refractivity (Wildman–Crippen MR) is 60.2 cm³/mol. The van der Waals surface area contributed by atoms with Crippen molar-refractivity contribution in [1.29, 1.82) is 0 Å². The molecule has 78 valence electrons. The summed E-state index contributed by atoms with van der Waals surface area (Å²) >= 11 is 0. The van der Waals surface area contributed by atoms with E-state index < -0.39 is 0 Å². The Morgan fingerprint density at radius 3 is 2.43 bits per heavy atom. The highest BCUT2D eigenvalue weighted by Gasteiger charge is 2.10. The lowest BCUT2D eigenvalue weighted by molar-refractivity contribution is 0.791. The molecule has 0 saturated carbocycles. The molecule has 1 heterocycles. The van der Waals surface area contributed by atoms with E-state index in [0.717, 1.165) is 12.8 Å². The van der Waals surface area contributed by atoms with Crippen LogP contribution in [0.2, 0.25) is 0 Å². The maximum absolute atomic E-state index is 5.71. The molecule has 1 aromatic heterocycles. The van der Waals surface area contributed by atoms with E-state index in [2.05, 4.69) is 25.8 Å². The highest BCUT2D eigenvalue weighted by molar-refractivity contribution is 5.34. The lowest BCUT2D eigenvalue weighted by atomic mass is 9.92. The molecule has 0 atom stereocenters. The summed E-state index contributed by atoms with van der Waals surface area (Å²) in [6, 6.07) is 0. The van der Waals surface area contributed by atoms with E-state index in [9.17, 15) is 0 Å². The van der Waals surface area contributed by atoms with Crippen LogP contribution in [0, 0.1) is 0 Å². The van der Waals surface area contributed by atoms with Gasteiger partial charge in [-0.15, -0.1) is 0 Å². The average Bonchev–Trinajstić information content (AvgIpc) is 2.17. The molecule has 14 heavy (non-hydrogen) atoms. The van der Waals surface area contributed by atoms with Crippen molar-refractivity contribution in [3.63, 3.8) is 0 Å². The zero-order valence-corrected chi connectivity index (χ0v) is 9.38. The average molecular weight is 192 g/mol. The Balaban J connectivity index is 3.14. The first-order valence-electron chi connectivity index (χ1n) is 5.36. The fourth-order valence-electron chi connectivity index (χ4n) is 1.94. The molecular weight excluding hydrogens is 172 g/mol. The summed E-state index contributed by atoms with van der Waals surface area (Å²) in [5.74, 6) is 0.540. The molecule has 0 saturated heterocycles. The Hall–Kier alpha value is -0.890. The number of rotatable bonds is 4. The van der Waals surface area contributed by atoms with E-state index >= 15 is 0 Å². The standard InChI is InChI=1S/C12H20N2/c1-4-5-10-7-14-8-11(6-13)12(10)9(2)3/h7-9H,4-6,13H2,1-3H3. The number of aromatic nitrogens is 1. The van der Waals surface area contributed by atoms with Crippen molar-refractivity contribution in [3.05, 3.63) is 29.1 Å². The van der Waals surface area contributed by atoms with E-state index in [0.29, 0.717) is 12.5 Å². The first-order valence-corrected chi connectivity index (χ1v) is 5.36. The number of nitrogens with two attached hydrogens (primary N) is 1. The topological polar surface area (TPSA) is 38.9 Å². The molecule has 0 aliphatic heterocycles. The molecule has 2 N–H and O–H groups in total. The van der Waals surface area contributed by atoms with Crippen LogP contribution in [0.1, 0.15) is 49.8 Å². The van der Waals surface area contributed by atoms with E-state index in [1.807, 2.05) is 12.4 Å². The molecule has 1 rings (SSSR count). The maximum atomic E-state index is 5.71. The van der Waals surface area contributed by atoms with Gasteiger partial charge in [-0.05, 0) is 29.0 Å². The van der Waals surface area contributed by atoms with Gasteiger partial charge in [0.1, 0.15) is 0 Å². The lowest BCUT2D eigenvalue weighted by Crippen LogP contribution is -2.07. The van der Waals surface area contributed by atoms with Crippen molar-refractivity contribution in [3.8, 4) is 0 Å². The fraction of sp³-hybridized carbons (Fsp3) is 0.583. The van der Waals surface area contributed by atoms with Gasteiger partial charge < -0.3 is 5.73 Å². The highest BCUT2D eigenvalue weighted by Crippen LogP contribution is 2.23. The van der Waals surface area contributed by atoms with Gasteiger partial charge >= 0.3 is 0 Å². The Morgan fingerprint density at radius 2 is 1.93 bits per heavy atom. The second-order valence-electron chi connectivity index (χ2n) is 3.98. The minimum absolute atomic E-state index is 0.540. The minimum Gasteiger partial charge on any atom is -0.326 e. The van der Waals surface area contributed by atoms with Crippen molar-refractivity contribution in [2.45, 2.75) is 46.1 Å². The summed E-state index contributed by atoms with van der Waals surface area (Å²) in [5.41, 5.74) is 9.69. The Kier molecular flexibility index (Phi) is 4.08. The molecule has 0 aromatic carbocycles. The third-order valence-corrected chi connectivity index (χ3v) is 2.47. The van der Waals surface area contributed by atoms with Crippen LogP contribution in [0.25, 0.3) is 0 Å². The van der Waals surface area contributed by atoms with Gasteiger partial charge in [-0.1, -0.05) is 27.2 Å². The molecule has 0 fully saturated rings. The number of nitrogens with zero attached hydrogens (tertiary/aromatic N) is 1. The monoisotopic (exact) mass is 192 g/mol. The number of hydrogen-bond donors (Lipinski definition) is 1. The van der Waals surface area contributed by atoms with Crippen LogP contribution >= 0.6 is 0 Å². The Labute approximate surface area is 86.5 Å². The number of hydrogen-bond acceptors (Lipinski definition) is 2. The summed E-state index contributed by atoms with van der Waals surface area (Å²) < 4.78 is 0. The van der Waals surface area contributed by atoms with Crippen LogP contribution in [0.4, 0.5) is 0 Å². The van der Waals surface area contributed by atoms with Gasteiger partial charge in [0, 0.05) is 18.9 Å². The summed E-state index contributed by atoms with van der Waals surface area (Å²) in [6.45, 7) is 7.22. The molecule has 0 aliphatic carbocycles. The second-order valence-corrected chi connectivity index (χ2v) is 3.98. The van der Waals surface area contributed by atoms with Gasteiger partial charge in [-0.25, -0.2) is 0 Å². The molecule has 2 nitrogen and oxygen atoms in total. The molecule has 0 amide bonds. The normalized spacial score (nSPS) is 10.9.